The van der Waals surface area contributed by atoms with Crippen LogP contribution in [0.25, 0.3) is 0 Å². The lowest BCUT2D eigenvalue weighted by molar-refractivity contribution is -0.137. The van der Waals surface area contributed by atoms with Crippen molar-refractivity contribution in [3.05, 3.63) is 35.4 Å². The van der Waals surface area contributed by atoms with E-state index in [1.54, 1.807) is 13.1 Å². The third-order valence-corrected chi connectivity index (χ3v) is 5.43. The van der Waals surface area contributed by atoms with Crippen molar-refractivity contribution >= 4 is 29.9 Å². The molecule has 0 saturated carbocycles. The van der Waals surface area contributed by atoms with Crippen LogP contribution in [0.1, 0.15) is 44.7 Å². The van der Waals surface area contributed by atoms with Crippen LogP contribution in [0.2, 0.25) is 0 Å². The monoisotopic (exact) mass is 513 g/mol. The Balaban J connectivity index is 0.00000392. The highest BCUT2D eigenvalue weighted by Crippen LogP contribution is 2.37. The largest absolute Gasteiger partial charge is 0.416 e. The minimum Gasteiger partial charge on any atom is -0.381 e. The van der Waals surface area contributed by atoms with Crippen molar-refractivity contribution in [2.45, 2.75) is 51.2 Å². The molecule has 160 valence electrons. The Morgan fingerprint density at radius 1 is 1.21 bits per heavy atom. The highest BCUT2D eigenvalue weighted by Gasteiger charge is 2.37. The van der Waals surface area contributed by atoms with E-state index in [0.29, 0.717) is 50.0 Å². The molecule has 1 fully saturated rings. The Bertz CT molecular complexity index is 644. The smallest absolute Gasteiger partial charge is 0.381 e. The van der Waals surface area contributed by atoms with E-state index in [9.17, 15) is 13.2 Å². The highest BCUT2D eigenvalue weighted by molar-refractivity contribution is 14.0. The number of hydrogen-bond acceptors (Lipinski definition) is 2. The van der Waals surface area contributed by atoms with Crippen LogP contribution < -0.4 is 10.6 Å². The fourth-order valence-electron chi connectivity index (χ4n) is 3.18. The van der Waals surface area contributed by atoms with Crippen LogP contribution in [0.5, 0.6) is 0 Å². The van der Waals surface area contributed by atoms with Gasteiger partial charge in [0.25, 0.3) is 0 Å². The molecule has 1 atom stereocenters. The van der Waals surface area contributed by atoms with Gasteiger partial charge in [0, 0.05) is 38.3 Å². The van der Waals surface area contributed by atoms with Gasteiger partial charge in [0.1, 0.15) is 0 Å². The van der Waals surface area contributed by atoms with E-state index in [0.717, 1.165) is 6.07 Å². The Kier molecular flexibility index (Phi) is 9.52. The molecule has 0 radical (unpaired) electrons. The molecule has 4 nitrogen and oxygen atoms in total. The topological polar surface area (TPSA) is 45.7 Å². The van der Waals surface area contributed by atoms with E-state index in [2.05, 4.69) is 36.4 Å². The van der Waals surface area contributed by atoms with E-state index in [1.807, 2.05) is 0 Å². The summed E-state index contributed by atoms with van der Waals surface area (Å²) in [5.74, 6) is 1.10. The number of hydrogen-bond donors (Lipinski definition) is 2. The Labute approximate surface area is 182 Å². The zero-order chi connectivity index (χ0) is 20.1. The van der Waals surface area contributed by atoms with Crippen LogP contribution in [0, 0.1) is 5.92 Å². The molecular formula is C20H31F3IN3O. The minimum absolute atomic E-state index is 0. The lowest BCUT2D eigenvalue weighted by atomic mass is 9.73. The molecule has 2 N–H and O–H groups in total. The van der Waals surface area contributed by atoms with Crippen molar-refractivity contribution in [1.82, 2.24) is 10.6 Å². The third kappa shape index (κ3) is 6.50. The fourth-order valence-corrected chi connectivity index (χ4v) is 3.18. The standard InChI is InChI=1S/C20H30F3N3O.HI/c1-14(2)15(3)26-18(24-4)25-13-19(8-10-27-11-9-19)16-6-5-7-17(12-16)20(21,22)23;/h5-7,12,14-15H,8-11,13H2,1-4H3,(H2,24,25,26);1H. The van der Waals surface area contributed by atoms with Crippen molar-refractivity contribution < 1.29 is 17.9 Å². The second-order valence-corrected chi connectivity index (χ2v) is 7.57. The maximum atomic E-state index is 13.2. The van der Waals surface area contributed by atoms with Gasteiger partial charge in [-0.15, -0.1) is 24.0 Å². The lowest BCUT2D eigenvalue weighted by Crippen LogP contribution is -2.50. The average molecular weight is 513 g/mol. The predicted octanol–water partition coefficient (Wildman–Crippen LogP) is 4.58. The molecule has 0 aromatic heterocycles. The maximum Gasteiger partial charge on any atom is 0.416 e. The van der Waals surface area contributed by atoms with E-state index in [4.69, 9.17) is 4.74 Å². The molecule has 0 spiro atoms. The van der Waals surface area contributed by atoms with Crippen molar-refractivity contribution in [2.75, 3.05) is 26.8 Å². The molecule has 2 rings (SSSR count). The van der Waals surface area contributed by atoms with Crippen LogP contribution in [-0.2, 0) is 16.3 Å². The first-order valence-electron chi connectivity index (χ1n) is 9.40. The van der Waals surface area contributed by atoms with Crippen LogP contribution >= 0.6 is 24.0 Å². The van der Waals surface area contributed by atoms with Crippen LogP contribution in [0.3, 0.4) is 0 Å². The van der Waals surface area contributed by atoms with Gasteiger partial charge in [-0.05, 0) is 37.3 Å². The molecule has 0 amide bonds. The van der Waals surface area contributed by atoms with Gasteiger partial charge in [0.2, 0.25) is 0 Å². The number of ether oxygens (including phenoxy) is 1. The maximum absolute atomic E-state index is 13.2. The normalized spacial score (nSPS) is 18.4. The number of guanidine groups is 1. The number of halogens is 4. The number of nitrogens with one attached hydrogen (secondary N) is 2. The van der Waals surface area contributed by atoms with Gasteiger partial charge in [-0.3, -0.25) is 4.99 Å². The van der Waals surface area contributed by atoms with Crippen molar-refractivity contribution in [3.8, 4) is 0 Å². The van der Waals surface area contributed by atoms with Gasteiger partial charge < -0.3 is 15.4 Å². The molecule has 1 aliphatic heterocycles. The first kappa shape index (κ1) is 25.0. The van der Waals surface area contributed by atoms with Crippen molar-refractivity contribution in [1.29, 1.82) is 0 Å². The summed E-state index contributed by atoms with van der Waals surface area (Å²) in [6, 6.07) is 5.91. The van der Waals surface area contributed by atoms with Crippen LogP contribution in [0.15, 0.2) is 29.3 Å². The molecule has 1 saturated heterocycles. The summed E-state index contributed by atoms with van der Waals surface area (Å²) in [5, 5.41) is 6.66. The van der Waals surface area contributed by atoms with E-state index in [1.165, 1.54) is 12.1 Å². The van der Waals surface area contributed by atoms with Gasteiger partial charge in [-0.2, -0.15) is 13.2 Å². The molecule has 1 aliphatic rings. The molecular weight excluding hydrogens is 482 g/mol. The SMILES string of the molecule is CN=C(NCC1(c2cccc(C(F)(F)F)c2)CCOCC1)NC(C)C(C)C.I. The summed E-state index contributed by atoms with van der Waals surface area (Å²) in [7, 11) is 1.70. The van der Waals surface area contributed by atoms with Gasteiger partial charge in [0.05, 0.1) is 5.56 Å². The van der Waals surface area contributed by atoms with E-state index < -0.39 is 17.2 Å². The second kappa shape index (κ2) is 10.7. The Morgan fingerprint density at radius 3 is 2.39 bits per heavy atom. The highest BCUT2D eigenvalue weighted by atomic mass is 127. The summed E-state index contributed by atoms with van der Waals surface area (Å²) in [6.07, 6.45) is -3.02. The zero-order valence-electron chi connectivity index (χ0n) is 16.9. The average Bonchev–Trinajstić information content (AvgIpc) is 2.65. The van der Waals surface area contributed by atoms with Crippen LogP contribution in [0.4, 0.5) is 13.2 Å². The number of aliphatic imine (C=N–C) groups is 1. The quantitative estimate of drug-likeness (QED) is 0.344. The fraction of sp³-hybridized carbons (Fsp3) is 0.650. The van der Waals surface area contributed by atoms with Crippen molar-refractivity contribution in [2.24, 2.45) is 10.9 Å². The summed E-state index contributed by atoms with van der Waals surface area (Å²) in [4.78, 5) is 4.26. The van der Waals surface area contributed by atoms with Crippen molar-refractivity contribution in [3.63, 3.8) is 0 Å². The molecule has 1 aromatic rings. The Hall–Kier alpha value is -1.03. The molecule has 1 unspecified atom stereocenters. The van der Waals surface area contributed by atoms with Gasteiger partial charge >= 0.3 is 6.18 Å². The molecule has 28 heavy (non-hydrogen) atoms. The number of alkyl halides is 3. The minimum atomic E-state index is -4.35. The second-order valence-electron chi connectivity index (χ2n) is 7.57. The summed E-state index contributed by atoms with van der Waals surface area (Å²) >= 11 is 0. The number of nitrogens with zero attached hydrogens (tertiary/aromatic N) is 1. The summed E-state index contributed by atoms with van der Waals surface area (Å²) in [5.41, 5.74) is -0.333. The first-order valence-corrected chi connectivity index (χ1v) is 9.40. The lowest BCUT2D eigenvalue weighted by Gasteiger charge is -2.38. The summed E-state index contributed by atoms with van der Waals surface area (Å²) < 4.78 is 45.0. The molecule has 0 bridgehead atoms. The molecule has 0 aliphatic carbocycles. The van der Waals surface area contributed by atoms with Gasteiger partial charge in [0.15, 0.2) is 5.96 Å². The molecule has 1 heterocycles. The zero-order valence-corrected chi connectivity index (χ0v) is 19.2. The Morgan fingerprint density at radius 2 is 1.86 bits per heavy atom. The molecule has 1 aromatic carbocycles. The van der Waals surface area contributed by atoms with E-state index in [-0.39, 0.29) is 30.0 Å². The molecule has 8 heteroatoms. The summed E-state index contributed by atoms with van der Waals surface area (Å²) in [6.45, 7) is 7.89. The number of rotatable bonds is 5. The third-order valence-electron chi connectivity index (χ3n) is 5.43. The van der Waals surface area contributed by atoms with Crippen LogP contribution in [-0.4, -0.2) is 38.8 Å². The predicted molar refractivity (Wildman–Crippen MR) is 117 cm³/mol. The number of benzene rings is 1. The van der Waals surface area contributed by atoms with Gasteiger partial charge in [-0.1, -0.05) is 32.0 Å². The van der Waals surface area contributed by atoms with Gasteiger partial charge in [-0.25, -0.2) is 0 Å². The first-order chi connectivity index (χ1) is 12.7. The van der Waals surface area contributed by atoms with E-state index >= 15 is 0 Å².